The normalized spacial score (nSPS) is 14.4. The lowest BCUT2D eigenvalue weighted by Crippen LogP contribution is -2.36. The van der Waals surface area contributed by atoms with Crippen molar-refractivity contribution in [2.45, 2.75) is 19.4 Å². The van der Waals surface area contributed by atoms with Gasteiger partial charge in [-0.2, -0.15) is 0 Å². The van der Waals surface area contributed by atoms with E-state index in [9.17, 15) is 4.79 Å². The summed E-state index contributed by atoms with van der Waals surface area (Å²) in [6, 6.07) is 1.96. The van der Waals surface area contributed by atoms with E-state index in [0.717, 1.165) is 36.4 Å². The van der Waals surface area contributed by atoms with Crippen LogP contribution in [0, 0.1) is 11.8 Å². The maximum atomic E-state index is 12.1. The van der Waals surface area contributed by atoms with Crippen molar-refractivity contribution in [3.05, 3.63) is 21.9 Å². The highest BCUT2D eigenvalue weighted by atomic mass is 32.1. The van der Waals surface area contributed by atoms with Gasteiger partial charge in [-0.15, -0.1) is 11.3 Å². The third-order valence-electron chi connectivity index (χ3n) is 3.32. The van der Waals surface area contributed by atoms with Gasteiger partial charge in [0.25, 0.3) is 0 Å². The molecule has 2 rings (SSSR count). The Morgan fingerprint density at radius 3 is 2.95 bits per heavy atom. The SMILES string of the molecule is CN(CC(=O)N1CCCC1)Cc1sccc1C#CCO. The standard InChI is InChI=1S/C15H20N2O2S/c1-16(12-15(19)17-7-2-3-8-17)11-14-13(5-4-9-18)6-10-20-14/h6,10,18H,2-3,7-9,11-12H2,1H3. The molecule has 1 amide bonds. The van der Waals surface area contributed by atoms with Crippen molar-refractivity contribution in [3.63, 3.8) is 0 Å². The molecular weight excluding hydrogens is 272 g/mol. The predicted molar refractivity (Wildman–Crippen MR) is 80.4 cm³/mol. The van der Waals surface area contributed by atoms with Crippen molar-refractivity contribution in [2.75, 3.05) is 33.3 Å². The van der Waals surface area contributed by atoms with Crippen LogP contribution >= 0.6 is 11.3 Å². The minimum Gasteiger partial charge on any atom is -0.384 e. The Bertz CT molecular complexity index is 509. The van der Waals surface area contributed by atoms with Gasteiger partial charge in [0.2, 0.25) is 5.91 Å². The molecule has 0 spiro atoms. The van der Waals surface area contributed by atoms with Gasteiger partial charge in [0, 0.05) is 30.1 Å². The second kappa shape index (κ2) is 7.44. The Balaban J connectivity index is 1.89. The molecule has 20 heavy (non-hydrogen) atoms. The molecule has 0 atom stereocenters. The highest BCUT2D eigenvalue weighted by Gasteiger charge is 2.19. The lowest BCUT2D eigenvalue weighted by atomic mass is 10.2. The summed E-state index contributed by atoms with van der Waals surface area (Å²) in [5.41, 5.74) is 0.949. The second-order valence-corrected chi connectivity index (χ2v) is 5.98. The average Bonchev–Trinajstić information content (AvgIpc) is 3.07. The van der Waals surface area contributed by atoms with E-state index in [1.54, 1.807) is 11.3 Å². The number of likely N-dealkylation sites (tertiary alicyclic amines) is 1. The molecule has 1 aliphatic rings. The Hall–Kier alpha value is -1.35. The molecule has 1 aromatic heterocycles. The van der Waals surface area contributed by atoms with Crippen LogP contribution in [-0.2, 0) is 11.3 Å². The highest BCUT2D eigenvalue weighted by molar-refractivity contribution is 7.10. The van der Waals surface area contributed by atoms with Crippen LogP contribution in [0.15, 0.2) is 11.4 Å². The third kappa shape index (κ3) is 4.07. The van der Waals surface area contributed by atoms with Crippen LogP contribution in [0.25, 0.3) is 0 Å². The summed E-state index contributed by atoms with van der Waals surface area (Å²) in [5, 5.41) is 10.7. The third-order valence-corrected chi connectivity index (χ3v) is 4.23. The number of hydrogen-bond donors (Lipinski definition) is 1. The number of likely N-dealkylation sites (N-methyl/N-ethyl adjacent to an activating group) is 1. The number of carbonyl (C=O) groups excluding carboxylic acids is 1. The Kier molecular flexibility index (Phi) is 5.60. The van der Waals surface area contributed by atoms with Crippen molar-refractivity contribution in [2.24, 2.45) is 0 Å². The van der Waals surface area contributed by atoms with Crippen LogP contribution < -0.4 is 0 Å². The monoisotopic (exact) mass is 292 g/mol. The minimum atomic E-state index is -0.126. The van der Waals surface area contributed by atoms with E-state index in [1.165, 1.54) is 0 Å². The zero-order valence-corrected chi connectivity index (χ0v) is 12.6. The molecular formula is C15H20N2O2S. The maximum absolute atomic E-state index is 12.1. The number of amides is 1. The molecule has 2 heterocycles. The molecule has 1 aromatic rings. The number of hydrogen-bond acceptors (Lipinski definition) is 4. The molecule has 1 N–H and O–H groups in total. The molecule has 0 aromatic carbocycles. The van der Waals surface area contributed by atoms with Crippen LogP contribution in [0.1, 0.15) is 23.3 Å². The molecule has 1 saturated heterocycles. The quantitative estimate of drug-likeness (QED) is 0.847. The van der Waals surface area contributed by atoms with Crippen LogP contribution in [0.3, 0.4) is 0 Å². The molecule has 108 valence electrons. The van der Waals surface area contributed by atoms with E-state index in [1.807, 2.05) is 28.3 Å². The fourth-order valence-corrected chi connectivity index (χ4v) is 3.22. The molecule has 0 aliphatic carbocycles. The average molecular weight is 292 g/mol. The van der Waals surface area contributed by atoms with E-state index in [0.29, 0.717) is 13.1 Å². The van der Waals surface area contributed by atoms with Crippen LogP contribution in [0.2, 0.25) is 0 Å². The molecule has 0 unspecified atom stereocenters. The van der Waals surface area contributed by atoms with Crippen molar-refractivity contribution in [1.82, 2.24) is 9.80 Å². The summed E-state index contributed by atoms with van der Waals surface area (Å²) in [7, 11) is 1.96. The number of carbonyl (C=O) groups is 1. The van der Waals surface area contributed by atoms with Gasteiger partial charge in [0.1, 0.15) is 6.61 Å². The van der Waals surface area contributed by atoms with Crippen molar-refractivity contribution < 1.29 is 9.90 Å². The fourth-order valence-electron chi connectivity index (χ4n) is 2.31. The van der Waals surface area contributed by atoms with Gasteiger partial charge >= 0.3 is 0 Å². The van der Waals surface area contributed by atoms with Gasteiger partial charge in [0.05, 0.1) is 6.54 Å². The van der Waals surface area contributed by atoms with Gasteiger partial charge in [0.15, 0.2) is 0 Å². The topological polar surface area (TPSA) is 43.8 Å². The van der Waals surface area contributed by atoms with E-state index >= 15 is 0 Å². The molecule has 1 aliphatic heterocycles. The summed E-state index contributed by atoms with van der Waals surface area (Å²) < 4.78 is 0. The fraction of sp³-hybridized carbons (Fsp3) is 0.533. The van der Waals surface area contributed by atoms with Crippen molar-refractivity contribution >= 4 is 17.2 Å². The lowest BCUT2D eigenvalue weighted by molar-refractivity contribution is -0.131. The molecule has 0 radical (unpaired) electrons. The summed E-state index contributed by atoms with van der Waals surface area (Å²) in [6.07, 6.45) is 2.25. The van der Waals surface area contributed by atoms with Gasteiger partial charge in [-0.1, -0.05) is 11.8 Å². The molecule has 1 fully saturated rings. The smallest absolute Gasteiger partial charge is 0.236 e. The van der Waals surface area contributed by atoms with E-state index in [4.69, 9.17) is 5.11 Å². The summed E-state index contributed by atoms with van der Waals surface area (Å²) >= 11 is 1.64. The van der Waals surface area contributed by atoms with E-state index < -0.39 is 0 Å². The maximum Gasteiger partial charge on any atom is 0.236 e. The van der Waals surface area contributed by atoms with Crippen LogP contribution in [0.5, 0.6) is 0 Å². The first-order valence-electron chi connectivity index (χ1n) is 6.83. The Morgan fingerprint density at radius 2 is 2.25 bits per heavy atom. The highest BCUT2D eigenvalue weighted by Crippen LogP contribution is 2.18. The van der Waals surface area contributed by atoms with Gasteiger partial charge < -0.3 is 10.0 Å². The van der Waals surface area contributed by atoms with E-state index in [-0.39, 0.29) is 12.5 Å². The molecule has 0 bridgehead atoms. The second-order valence-electron chi connectivity index (χ2n) is 4.98. The Labute approximate surface area is 124 Å². The minimum absolute atomic E-state index is 0.126. The summed E-state index contributed by atoms with van der Waals surface area (Å²) in [4.78, 5) is 17.2. The number of nitrogens with zero attached hydrogens (tertiary/aromatic N) is 2. The molecule has 0 saturated carbocycles. The summed E-state index contributed by atoms with van der Waals surface area (Å²) in [6.45, 7) is 2.84. The molecule has 5 heteroatoms. The van der Waals surface area contributed by atoms with E-state index in [2.05, 4.69) is 11.8 Å². The van der Waals surface area contributed by atoms with Crippen molar-refractivity contribution in [1.29, 1.82) is 0 Å². The first kappa shape index (κ1) is 15.0. The number of aliphatic hydroxyl groups is 1. The first-order chi connectivity index (χ1) is 9.70. The Morgan fingerprint density at radius 1 is 1.50 bits per heavy atom. The van der Waals surface area contributed by atoms with Crippen molar-refractivity contribution in [3.8, 4) is 11.8 Å². The zero-order chi connectivity index (χ0) is 14.4. The number of thiophene rings is 1. The number of rotatable bonds is 4. The first-order valence-corrected chi connectivity index (χ1v) is 7.71. The van der Waals surface area contributed by atoms with Gasteiger partial charge in [-0.05, 0) is 31.3 Å². The number of aliphatic hydroxyl groups excluding tert-OH is 1. The van der Waals surface area contributed by atoms with Gasteiger partial charge in [-0.25, -0.2) is 0 Å². The predicted octanol–water partition coefficient (Wildman–Crippen LogP) is 1.15. The summed E-state index contributed by atoms with van der Waals surface area (Å²) in [5.74, 6) is 5.83. The largest absolute Gasteiger partial charge is 0.384 e. The molecule has 4 nitrogen and oxygen atoms in total. The van der Waals surface area contributed by atoms with Gasteiger partial charge in [-0.3, -0.25) is 9.69 Å². The lowest BCUT2D eigenvalue weighted by Gasteiger charge is -2.20. The zero-order valence-electron chi connectivity index (χ0n) is 11.8. The van der Waals surface area contributed by atoms with Crippen LogP contribution in [0.4, 0.5) is 0 Å². The van der Waals surface area contributed by atoms with Crippen LogP contribution in [-0.4, -0.2) is 54.1 Å².